The Morgan fingerprint density at radius 2 is 1.82 bits per heavy atom. The van der Waals surface area contributed by atoms with Crippen LogP contribution in [0.4, 0.5) is 5.69 Å². The van der Waals surface area contributed by atoms with Crippen LogP contribution >= 0.6 is 35.6 Å². The van der Waals surface area contributed by atoms with E-state index in [2.05, 4.69) is 47.2 Å². The number of rotatable bonds is 5. The molecule has 0 unspecified atom stereocenters. The van der Waals surface area contributed by atoms with E-state index >= 15 is 0 Å². The first kappa shape index (κ1) is 22.0. The minimum atomic E-state index is -0.172. The van der Waals surface area contributed by atoms with E-state index in [1.807, 2.05) is 54.6 Å². The lowest BCUT2D eigenvalue weighted by Gasteiger charge is -2.26. The molecule has 0 spiro atoms. The average molecular weight is 492 g/mol. The zero-order valence-corrected chi connectivity index (χ0v) is 20.5. The Labute approximate surface area is 208 Å². The van der Waals surface area contributed by atoms with Crippen LogP contribution in [0.25, 0.3) is 0 Å². The highest BCUT2D eigenvalue weighted by molar-refractivity contribution is 7.99. The SMILES string of the molecule is Cc1ccc(N2C(=S)N[C@@H](c3ccccn3)[C@H]2c2ccc(Sc3ccc(Cl)cc3)o2)cc1C. The number of anilines is 1. The van der Waals surface area contributed by atoms with E-state index in [-0.39, 0.29) is 12.1 Å². The number of benzene rings is 2. The van der Waals surface area contributed by atoms with Crippen molar-refractivity contribution in [1.82, 2.24) is 10.3 Å². The quantitative estimate of drug-likeness (QED) is 0.296. The molecule has 2 aromatic heterocycles. The van der Waals surface area contributed by atoms with Crippen molar-refractivity contribution in [3.8, 4) is 0 Å². The zero-order valence-electron chi connectivity index (χ0n) is 18.2. The normalized spacial score (nSPS) is 17.9. The topological polar surface area (TPSA) is 41.3 Å². The highest BCUT2D eigenvalue weighted by atomic mass is 35.5. The fourth-order valence-corrected chi connectivity index (χ4v) is 5.21. The summed E-state index contributed by atoms with van der Waals surface area (Å²) in [6.07, 6.45) is 1.81. The van der Waals surface area contributed by atoms with Crippen LogP contribution in [0.15, 0.2) is 93.4 Å². The zero-order chi connectivity index (χ0) is 22.9. The second-order valence-corrected chi connectivity index (χ2v) is 9.88. The molecule has 0 saturated carbocycles. The predicted octanol–water partition coefficient (Wildman–Crippen LogP) is 7.27. The molecule has 0 aliphatic carbocycles. The van der Waals surface area contributed by atoms with Gasteiger partial charge < -0.3 is 14.6 Å². The van der Waals surface area contributed by atoms with Crippen LogP contribution in [0.2, 0.25) is 5.02 Å². The van der Waals surface area contributed by atoms with Crippen molar-refractivity contribution >= 4 is 46.4 Å². The number of hydrogen-bond acceptors (Lipinski definition) is 4. The van der Waals surface area contributed by atoms with Gasteiger partial charge in [-0.1, -0.05) is 35.5 Å². The fraction of sp³-hybridized carbons (Fsp3) is 0.154. The molecule has 0 bridgehead atoms. The molecule has 4 nitrogen and oxygen atoms in total. The lowest BCUT2D eigenvalue weighted by atomic mass is 10.0. The molecule has 0 amide bonds. The lowest BCUT2D eigenvalue weighted by molar-refractivity contribution is 0.383. The molecule has 1 N–H and O–H groups in total. The van der Waals surface area contributed by atoms with E-state index in [0.29, 0.717) is 10.1 Å². The average Bonchev–Trinajstić information content (AvgIpc) is 3.42. The molecule has 3 heterocycles. The first-order valence-corrected chi connectivity index (χ1v) is 12.2. The van der Waals surface area contributed by atoms with Crippen LogP contribution in [-0.2, 0) is 0 Å². The number of aryl methyl sites for hydroxylation is 2. The third kappa shape index (κ3) is 4.51. The van der Waals surface area contributed by atoms with Gasteiger partial charge in [0.15, 0.2) is 10.2 Å². The second-order valence-electron chi connectivity index (χ2n) is 7.98. The summed E-state index contributed by atoms with van der Waals surface area (Å²) in [5.41, 5.74) is 4.41. The van der Waals surface area contributed by atoms with E-state index in [0.717, 1.165) is 27.1 Å². The Morgan fingerprint density at radius 3 is 2.55 bits per heavy atom. The van der Waals surface area contributed by atoms with Gasteiger partial charge in [0, 0.05) is 21.8 Å². The van der Waals surface area contributed by atoms with Crippen LogP contribution < -0.4 is 10.2 Å². The maximum absolute atomic E-state index is 6.37. The Hall–Kier alpha value is -2.80. The van der Waals surface area contributed by atoms with E-state index < -0.39 is 0 Å². The molecular formula is C26H22ClN3OS2. The number of nitrogens with zero attached hydrogens (tertiary/aromatic N) is 2. The van der Waals surface area contributed by atoms with Gasteiger partial charge in [-0.25, -0.2) is 0 Å². The molecule has 166 valence electrons. The Morgan fingerprint density at radius 1 is 1.00 bits per heavy atom. The Bertz CT molecular complexity index is 1290. The Balaban J connectivity index is 1.53. The van der Waals surface area contributed by atoms with Gasteiger partial charge in [-0.2, -0.15) is 0 Å². The van der Waals surface area contributed by atoms with Gasteiger partial charge in [-0.05, 0) is 97.9 Å². The third-order valence-electron chi connectivity index (χ3n) is 5.79. The lowest BCUT2D eigenvalue weighted by Crippen LogP contribution is -2.29. The van der Waals surface area contributed by atoms with Gasteiger partial charge >= 0.3 is 0 Å². The molecule has 1 saturated heterocycles. The first-order valence-electron chi connectivity index (χ1n) is 10.6. The van der Waals surface area contributed by atoms with Crippen LogP contribution in [0.1, 0.15) is 34.7 Å². The number of hydrogen-bond donors (Lipinski definition) is 1. The molecule has 1 aliphatic heterocycles. The highest BCUT2D eigenvalue weighted by Crippen LogP contribution is 2.43. The summed E-state index contributed by atoms with van der Waals surface area (Å²) in [4.78, 5) is 7.80. The number of pyridine rings is 1. The van der Waals surface area contributed by atoms with Crippen molar-refractivity contribution in [2.75, 3.05) is 4.90 Å². The van der Waals surface area contributed by atoms with Gasteiger partial charge in [0.25, 0.3) is 0 Å². The summed E-state index contributed by atoms with van der Waals surface area (Å²) in [6.45, 7) is 4.23. The Kier molecular flexibility index (Phi) is 6.15. The minimum Gasteiger partial charge on any atom is -0.452 e. The maximum atomic E-state index is 6.37. The molecule has 7 heteroatoms. The molecular weight excluding hydrogens is 470 g/mol. The van der Waals surface area contributed by atoms with Crippen molar-refractivity contribution < 1.29 is 4.42 Å². The largest absolute Gasteiger partial charge is 0.452 e. The van der Waals surface area contributed by atoms with Gasteiger partial charge in [0.1, 0.15) is 11.8 Å². The summed E-state index contributed by atoms with van der Waals surface area (Å²) < 4.78 is 6.37. The van der Waals surface area contributed by atoms with Gasteiger partial charge in [-0.3, -0.25) is 4.98 Å². The molecule has 33 heavy (non-hydrogen) atoms. The standard InChI is InChI=1S/C26H22ClN3OS2/c1-16-6-9-19(15-17(16)2)30-25(24(29-26(30)32)21-5-3-4-14-28-21)22-12-13-23(31-22)33-20-10-7-18(27)8-11-20/h3-15,24-25H,1-2H3,(H,29,32)/t24-,25+/m0/s1. The highest BCUT2D eigenvalue weighted by Gasteiger charge is 2.42. The van der Waals surface area contributed by atoms with E-state index in [1.54, 1.807) is 18.0 Å². The first-order chi connectivity index (χ1) is 16.0. The van der Waals surface area contributed by atoms with Gasteiger partial charge in [0.05, 0.1) is 11.7 Å². The van der Waals surface area contributed by atoms with E-state index in [4.69, 9.17) is 28.2 Å². The third-order valence-corrected chi connectivity index (χ3v) is 7.29. The monoisotopic (exact) mass is 491 g/mol. The van der Waals surface area contributed by atoms with Crippen LogP contribution in [0, 0.1) is 13.8 Å². The van der Waals surface area contributed by atoms with Crippen LogP contribution in [0.5, 0.6) is 0 Å². The van der Waals surface area contributed by atoms with Crippen molar-refractivity contribution in [2.24, 2.45) is 0 Å². The molecule has 2 atom stereocenters. The van der Waals surface area contributed by atoms with Crippen molar-refractivity contribution in [3.05, 3.63) is 107 Å². The van der Waals surface area contributed by atoms with Crippen LogP contribution in [-0.4, -0.2) is 10.1 Å². The molecule has 1 aliphatic rings. The molecule has 5 rings (SSSR count). The summed E-state index contributed by atoms with van der Waals surface area (Å²) >= 11 is 13.4. The smallest absolute Gasteiger partial charge is 0.174 e. The summed E-state index contributed by atoms with van der Waals surface area (Å²) in [5.74, 6) is 0.827. The number of furan rings is 1. The predicted molar refractivity (Wildman–Crippen MR) is 138 cm³/mol. The molecule has 1 fully saturated rings. The van der Waals surface area contributed by atoms with Crippen molar-refractivity contribution in [2.45, 2.75) is 35.9 Å². The number of aromatic nitrogens is 1. The number of halogens is 1. The molecule has 2 aromatic carbocycles. The maximum Gasteiger partial charge on any atom is 0.174 e. The van der Waals surface area contributed by atoms with E-state index in [9.17, 15) is 0 Å². The number of thiocarbonyl (C=S) groups is 1. The van der Waals surface area contributed by atoms with Gasteiger partial charge in [-0.15, -0.1) is 0 Å². The van der Waals surface area contributed by atoms with E-state index in [1.165, 1.54) is 11.1 Å². The summed E-state index contributed by atoms with van der Waals surface area (Å²) in [6, 6.07) is 23.8. The molecule has 4 aromatic rings. The van der Waals surface area contributed by atoms with Crippen LogP contribution in [0.3, 0.4) is 0 Å². The van der Waals surface area contributed by atoms with Crippen molar-refractivity contribution in [1.29, 1.82) is 0 Å². The molecule has 0 radical (unpaired) electrons. The summed E-state index contributed by atoms with van der Waals surface area (Å²) in [7, 11) is 0. The van der Waals surface area contributed by atoms with Gasteiger partial charge in [0.2, 0.25) is 0 Å². The summed E-state index contributed by atoms with van der Waals surface area (Å²) in [5, 5.41) is 5.66. The minimum absolute atomic E-state index is 0.139. The number of nitrogens with one attached hydrogen (secondary N) is 1. The van der Waals surface area contributed by atoms with Crippen molar-refractivity contribution in [3.63, 3.8) is 0 Å². The fourth-order valence-electron chi connectivity index (χ4n) is 3.96. The second kappa shape index (κ2) is 9.21.